The van der Waals surface area contributed by atoms with E-state index in [9.17, 15) is 18.3 Å². The lowest BCUT2D eigenvalue weighted by Crippen LogP contribution is -2.01. The van der Waals surface area contributed by atoms with Crippen LogP contribution in [-0.4, -0.2) is 0 Å². The second-order valence-electron chi connectivity index (χ2n) is 1.80. The third-order valence-electron chi connectivity index (χ3n) is 1.07. The Morgan fingerprint density at radius 2 is 1.64 bits per heavy atom. The van der Waals surface area contributed by atoms with Gasteiger partial charge in [-0.05, 0) is 22.6 Å². The molecule has 1 aromatic carbocycles. The molecule has 0 unspecified atom stereocenters. The highest BCUT2D eigenvalue weighted by atomic mass is 127. The number of halogens is 4. The van der Waals surface area contributed by atoms with Crippen molar-refractivity contribution < 1.29 is 18.3 Å². The average molecular weight is 273 g/mol. The van der Waals surface area contributed by atoms with Gasteiger partial charge in [0, 0.05) is 0 Å². The van der Waals surface area contributed by atoms with E-state index in [1.807, 2.05) is 0 Å². The van der Waals surface area contributed by atoms with E-state index in [1.54, 1.807) is 0 Å². The third-order valence-corrected chi connectivity index (χ3v) is 1.85. The molecular formula is C6HF3IO-. The summed E-state index contributed by atoms with van der Waals surface area (Å²) in [6.45, 7) is 0. The molecule has 0 amide bonds. The molecule has 0 aromatic heterocycles. The summed E-state index contributed by atoms with van der Waals surface area (Å²) in [5.74, 6) is -5.82. The Bertz CT molecular complexity index is 274. The van der Waals surface area contributed by atoms with Crippen molar-refractivity contribution in [1.29, 1.82) is 0 Å². The molecule has 0 aliphatic rings. The Hall–Kier alpha value is -0.460. The minimum atomic E-state index is -1.71. The quantitative estimate of drug-likeness (QED) is 0.401. The normalized spacial score (nSPS) is 10.2. The first-order valence-corrected chi connectivity index (χ1v) is 3.62. The van der Waals surface area contributed by atoms with Crippen LogP contribution < -0.4 is 5.11 Å². The molecule has 0 atom stereocenters. The van der Waals surface area contributed by atoms with Gasteiger partial charge in [0.15, 0.2) is 17.5 Å². The lowest BCUT2D eigenvalue weighted by atomic mass is 10.3. The van der Waals surface area contributed by atoms with E-state index in [0.717, 1.165) is 0 Å². The zero-order chi connectivity index (χ0) is 8.59. The molecule has 0 saturated carbocycles. The number of rotatable bonds is 0. The molecule has 0 aliphatic carbocycles. The summed E-state index contributed by atoms with van der Waals surface area (Å²) in [4.78, 5) is 0. The summed E-state index contributed by atoms with van der Waals surface area (Å²) in [6.07, 6.45) is 0. The largest absolute Gasteiger partial charge is 0.870 e. The molecule has 0 fully saturated rings. The highest BCUT2D eigenvalue weighted by molar-refractivity contribution is 14.1. The van der Waals surface area contributed by atoms with Crippen molar-refractivity contribution in [3.8, 4) is 5.75 Å². The molecule has 0 heterocycles. The molecule has 5 heteroatoms. The van der Waals surface area contributed by atoms with E-state index in [2.05, 4.69) is 0 Å². The molecule has 0 saturated heterocycles. The molecule has 0 spiro atoms. The van der Waals surface area contributed by atoms with Gasteiger partial charge in [0.25, 0.3) is 0 Å². The molecule has 0 N–H and O–H groups in total. The maximum atomic E-state index is 12.4. The van der Waals surface area contributed by atoms with Crippen LogP contribution in [0.2, 0.25) is 0 Å². The molecule has 1 rings (SSSR count). The summed E-state index contributed by atoms with van der Waals surface area (Å²) in [7, 11) is 0. The Kier molecular flexibility index (Phi) is 2.26. The maximum absolute atomic E-state index is 12.4. The molecule has 1 nitrogen and oxygen atoms in total. The van der Waals surface area contributed by atoms with Gasteiger partial charge in [0.1, 0.15) is 0 Å². The lowest BCUT2D eigenvalue weighted by molar-refractivity contribution is -0.273. The zero-order valence-corrected chi connectivity index (χ0v) is 7.15. The van der Waals surface area contributed by atoms with Gasteiger partial charge in [0.2, 0.25) is 0 Å². The Labute approximate surface area is 74.0 Å². The Balaban J connectivity index is 3.46. The van der Waals surface area contributed by atoms with Gasteiger partial charge >= 0.3 is 0 Å². The maximum Gasteiger partial charge on any atom is 0.194 e. The minimum Gasteiger partial charge on any atom is -0.870 e. The van der Waals surface area contributed by atoms with Crippen LogP contribution in [0.5, 0.6) is 5.75 Å². The molecule has 0 bridgehead atoms. The molecule has 0 radical (unpaired) electrons. The van der Waals surface area contributed by atoms with Crippen molar-refractivity contribution in [1.82, 2.24) is 0 Å². The predicted octanol–water partition coefficient (Wildman–Crippen LogP) is 1.78. The van der Waals surface area contributed by atoms with Crippen LogP contribution in [0.1, 0.15) is 0 Å². The zero-order valence-electron chi connectivity index (χ0n) is 5.00. The molecular weight excluding hydrogens is 272 g/mol. The summed E-state index contributed by atoms with van der Waals surface area (Å²) >= 11 is 1.41. The second-order valence-corrected chi connectivity index (χ2v) is 2.96. The van der Waals surface area contributed by atoms with E-state index in [0.29, 0.717) is 6.07 Å². The monoisotopic (exact) mass is 273 g/mol. The van der Waals surface area contributed by atoms with E-state index in [1.165, 1.54) is 22.6 Å². The van der Waals surface area contributed by atoms with Crippen molar-refractivity contribution >= 4 is 22.6 Å². The number of benzene rings is 1. The van der Waals surface area contributed by atoms with Gasteiger partial charge in [-0.3, -0.25) is 0 Å². The first kappa shape index (κ1) is 8.63. The van der Waals surface area contributed by atoms with Crippen LogP contribution in [0.15, 0.2) is 6.07 Å². The highest BCUT2D eigenvalue weighted by Crippen LogP contribution is 2.22. The molecule has 11 heavy (non-hydrogen) atoms. The third kappa shape index (κ3) is 1.42. The lowest BCUT2D eigenvalue weighted by Gasteiger charge is -2.08. The molecule has 60 valence electrons. The topological polar surface area (TPSA) is 23.1 Å². The SMILES string of the molecule is [O-]c1cc(I)c(F)c(F)c1F. The van der Waals surface area contributed by atoms with Crippen molar-refractivity contribution in [2.75, 3.05) is 0 Å². The van der Waals surface area contributed by atoms with E-state index >= 15 is 0 Å². The van der Waals surface area contributed by atoms with Gasteiger partial charge in [-0.25, -0.2) is 13.2 Å². The fraction of sp³-hybridized carbons (Fsp3) is 0. The predicted molar refractivity (Wildman–Crippen MR) is 38.5 cm³/mol. The van der Waals surface area contributed by atoms with Crippen LogP contribution in [0.4, 0.5) is 13.2 Å². The molecule has 0 aliphatic heterocycles. The smallest absolute Gasteiger partial charge is 0.194 e. The summed E-state index contributed by atoms with van der Waals surface area (Å²) in [5.41, 5.74) is 0. The number of hydrogen-bond donors (Lipinski definition) is 0. The standard InChI is InChI=1S/C6H2F3IO/c7-4-2(10)1-3(11)5(8)6(4)9/h1,11H/p-1. The van der Waals surface area contributed by atoms with Crippen LogP contribution in [0, 0.1) is 21.0 Å². The fourth-order valence-electron chi connectivity index (χ4n) is 0.551. The van der Waals surface area contributed by atoms with E-state index < -0.39 is 23.2 Å². The Morgan fingerprint density at radius 3 is 2.18 bits per heavy atom. The minimum absolute atomic E-state index is 0.216. The van der Waals surface area contributed by atoms with Crippen molar-refractivity contribution in [3.63, 3.8) is 0 Å². The van der Waals surface area contributed by atoms with Gasteiger partial charge in [-0.1, -0.05) is 11.8 Å². The highest BCUT2D eigenvalue weighted by Gasteiger charge is 2.12. The van der Waals surface area contributed by atoms with Gasteiger partial charge in [-0.15, -0.1) is 0 Å². The average Bonchev–Trinajstić information content (AvgIpc) is 1.97. The van der Waals surface area contributed by atoms with Crippen LogP contribution in [0.3, 0.4) is 0 Å². The van der Waals surface area contributed by atoms with Gasteiger partial charge in [-0.2, -0.15) is 0 Å². The first-order chi connectivity index (χ1) is 5.04. The van der Waals surface area contributed by atoms with Crippen LogP contribution >= 0.6 is 22.6 Å². The van der Waals surface area contributed by atoms with Gasteiger partial charge < -0.3 is 5.11 Å². The van der Waals surface area contributed by atoms with Gasteiger partial charge in [0.05, 0.1) is 3.57 Å². The van der Waals surface area contributed by atoms with Crippen molar-refractivity contribution in [2.45, 2.75) is 0 Å². The van der Waals surface area contributed by atoms with Crippen LogP contribution in [0.25, 0.3) is 0 Å². The number of hydrogen-bond acceptors (Lipinski definition) is 1. The van der Waals surface area contributed by atoms with Crippen molar-refractivity contribution in [3.05, 3.63) is 27.1 Å². The summed E-state index contributed by atoms with van der Waals surface area (Å²) < 4.78 is 36.7. The second kappa shape index (κ2) is 2.88. The summed E-state index contributed by atoms with van der Waals surface area (Å²) in [6, 6.07) is 0.703. The molecule has 1 aromatic rings. The Morgan fingerprint density at radius 1 is 1.09 bits per heavy atom. The van der Waals surface area contributed by atoms with E-state index in [4.69, 9.17) is 0 Å². The fourth-order valence-corrected chi connectivity index (χ4v) is 1.07. The van der Waals surface area contributed by atoms with E-state index in [-0.39, 0.29) is 3.57 Å². The summed E-state index contributed by atoms with van der Waals surface area (Å²) in [5, 5.41) is 10.4. The first-order valence-electron chi connectivity index (χ1n) is 2.54. The van der Waals surface area contributed by atoms with Crippen molar-refractivity contribution in [2.24, 2.45) is 0 Å². The van der Waals surface area contributed by atoms with Crippen LogP contribution in [-0.2, 0) is 0 Å².